The van der Waals surface area contributed by atoms with Gasteiger partial charge in [-0.05, 0) is 12.5 Å². The first-order valence-corrected chi connectivity index (χ1v) is 5.23. The normalized spacial score (nSPS) is 11.3. The lowest BCUT2D eigenvalue weighted by atomic mass is 9.99. The Morgan fingerprint density at radius 1 is 1.11 bits per heavy atom. The van der Waals surface area contributed by atoms with Gasteiger partial charge in [-0.3, -0.25) is 9.59 Å². The highest BCUT2D eigenvalue weighted by molar-refractivity contribution is 5.97. The second-order valence-corrected chi connectivity index (χ2v) is 3.71. The highest BCUT2D eigenvalue weighted by Crippen LogP contribution is 2.32. The summed E-state index contributed by atoms with van der Waals surface area (Å²) < 4.78 is 37.8. The van der Waals surface area contributed by atoms with Crippen LogP contribution in [0, 0.1) is 0 Å². The van der Waals surface area contributed by atoms with Crippen LogP contribution in [0.25, 0.3) is 0 Å². The van der Waals surface area contributed by atoms with Crippen molar-refractivity contribution < 1.29 is 27.9 Å². The lowest BCUT2D eigenvalue weighted by molar-refractivity contribution is -0.138. The first kappa shape index (κ1) is 14.2. The molecule has 0 bridgehead atoms. The molecule has 1 N–H and O–H groups in total. The summed E-state index contributed by atoms with van der Waals surface area (Å²) in [5, 5.41) is 8.39. The van der Waals surface area contributed by atoms with E-state index in [1.165, 1.54) is 12.1 Å². The number of carboxylic acids is 1. The maximum absolute atomic E-state index is 12.6. The first-order valence-electron chi connectivity index (χ1n) is 5.23. The monoisotopic (exact) mass is 260 g/mol. The molecule has 0 radical (unpaired) electrons. The molecule has 0 saturated carbocycles. The molecule has 3 nitrogen and oxygen atoms in total. The molecule has 6 heteroatoms. The van der Waals surface area contributed by atoms with Crippen LogP contribution in [-0.4, -0.2) is 16.9 Å². The van der Waals surface area contributed by atoms with E-state index in [0.29, 0.717) is 0 Å². The molecule has 0 atom stereocenters. The van der Waals surface area contributed by atoms with E-state index in [-0.39, 0.29) is 19.3 Å². The first-order chi connectivity index (χ1) is 8.32. The quantitative estimate of drug-likeness (QED) is 0.827. The molecule has 0 aliphatic rings. The number of alkyl halides is 3. The largest absolute Gasteiger partial charge is 0.481 e. The molecule has 0 heterocycles. The number of rotatable bonds is 5. The summed E-state index contributed by atoms with van der Waals surface area (Å²) in [6.07, 6.45) is -5.00. The minimum atomic E-state index is -4.58. The molecule has 0 amide bonds. The minimum absolute atomic E-state index is 0.0281. The van der Waals surface area contributed by atoms with E-state index in [4.69, 9.17) is 5.11 Å². The number of carbonyl (C=O) groups is 2. The number of aliphatic carboxylic acids is 1. The molecule has 0 aliphatic heterocycles. The third-order valence-electron chi connectivity index (χ3n) is 2.33. The summed E-state index contributed by atoms with van der Waals surface area (Å²) in [6.45, 7) is 0. The molecule has 0 fully saturated rings. The maximum Gasteiger partial charge on any atom is 0.417 e. The van der Waals surface area contributed by atoms with Crippen LogP contribution < -0.4 is 0 Å². The number of halogens is 3. The van der Waals surface area contributed by atoms with Gasteiger partial charge >= 0.3 is 12.1 Å². The lowest BCUT2D eigenvalue weighted by Gasteiger charge is -2.11. The average molecular weight is 260 g/mol. The molecular weight excluding hydrogens is 249 g/mol. The molecule has 98 valence electrons. The van der Waals surface area contributed by atoms with E-state index in [1.54, 1.807) is 0 Å². The van der Waals surface area contributed by atoms with Crippen molar-refractivity contribution in [3.63, 3.8) is 0 Å². The third kappa shape index (κ3) is 3.87. The van der Waals surface area contributed by atoms with Crippen molar-refractivity contribution in [2.24, 2.45) is 0 Å². The van der Waals surface area contributed by atoms with E-state index in [0.717, 1.165) is 12.1 Å². The number of carboxylic acid groups (broad SMARTS) is 1. The van der Waals surface area contributed by atoms with Crippen molar-refractivity contribution in [3.05, 3.63) is 35.4 Å². The Labute approximate surface area is 101 Å². The average Bonchev–Trinajstić information content (AvgIpc) is 2.27. The Bertz CT molecular complexity index is 452. The van der Waals surface area contributed by atoms with Gasteiger partial charge in [0.15, 0.2) is 5.78 Å². The molecule has 1 aromatic carbocycles. The maximum atomic E-state index is 12.6. The fraction of sp³-hybridized carbons (Fsp3) is 0.333. The number of ketones is 1. The second-order valence-electron chi connectivity index (χ2n) is 3.71. The lowest BCUT2D eigenvalue weighted by Crippen LogP contribution is -2.13. The Balaban J connectivity index is 2.83. The van der Waals surface area contributed by atoms with Crippen LogP contribution in [0.3, 0.4) is 0 Å². The Morgan fingerprint density at radius 2 is 1.72 bits per heavy atom. The van der Waals surface area contributed by atoms with Crippen LogP contribution >= 0.6 is 0 Å². The Morgan fingerprint density at radius 3 is 2.28 bits per heavy atom. The topological polar surface area (TPSA) is 54.4 Å². The minimum Gasteiger partial charge on any atom is -0.481 e. The summed E-state index contributed by atoms with van der Waals surface area (Å²) in [5.74, 6) is -1.77. The van der Waals surface area contributed by atoms with Crippen molar-refractivity contribution in [3.8, 4) is 0 Å². The van der Waals surface area contributed by atoms with Crippen molar-refractivity contribution in [1.29, 1.82) is 0 Å². The van der Waals surface area contributed by atoms with Gasteiger partial charge < -0.3 is 5.11 Å². The molecule has 18 heavy (non-hydrogen) atoms. The number of carbonyl (C=O) groups excluding carboxylic acids is 1. The van der Waals surface area contributed by atoms with Crippen LogP contribution in [0.2, 0.25) is 0 Å². The van der Waals surface area contributed by atoms with Gasteiger partial charge in [-0.25, -0.2) is 0 Å². The number of hydrogen-bond donors (Lipinski definition) is 1. The molecule has 1 aromatic rings. The van der Waals surface area contributed by atoms with Gasteiger partial charge in [0.05, 0.1) is 5.56 Å². The number of hydrogen-bond acceptors (Lipinski definition) is 2. The molecule has 1 rings (SSSR count). The van der Waals surface area contributed by atoms with Crippen molar-refractivity contribution in [2.75, 3.05) is 0 Å². The Kier molecular flexibility index (Phi) is 4.47. The fourth-order valence-electron chi connectivity index (χ4n) is 1.51. The van der Waals surface area contributed by atoms with E-state index in [9.17, 15) is 22.8 Å². The van der Waals surface area contributed by atoms with Crippen molar-refractivity contribution >= 4 is 11.8 Å². The zero-order chi connectivity index (χ0) is 13.8. The number of benzene rings is 1. The molecule has 0 unspecified atom stereocenters. The van der Waals surface area contributed by atoms with Crippen LogP contribution in [-0.2, 0) is 11.0 Å². The zero-order valence-corrected chi connectivity index (χ0v) is 9.33. The van der Waals surface area contributed by atoms with Gasteiger partial charge in [0.2, 0.25) is 0 Å². The molecule has 0 aromatic heterocycles. The van der Waals surface area contributed by atoms with Crippen LogP contribution in [0.4, 0.5) is 13.2 Å². The van der Waals surface area contributed by atoms with E-state index >= 15 is 0 Å². The zero-order valence-electron chi connectivity index (χ0n) is 9.33. The van der Waals surface area contributed by atoms with E-state index in [1.807, 2.05) is 0 Å². The molecule has 0 spiro atoms. The van der Waals surface area contributed by atoms with Gasteiger partial charge in [-0.2, -0.15) is 13.2 Å². The SMILES string of the molecule is O=C(O)CCCC(=O)c1ccccc1C(F)(F)F. The van der Waals surface area contributed by atoms with E-state index in [2.05, 4.69) is 0 Å². The van der Waals surface area contributed by atoms with Gasteiger partial charge in [0.25, 0.3) is 0 Å². The predicted octanol–water partition coefficient (Wildman–Crippen LogP) is 3.14. The highest BCUT2D eigenvalue weighted by Gasteiger charge is 2.34. The molecular formula is C12H11F3O3. The van der Waals surface area contributed by atoms with Gasteiger partial charge in [0, 0.05) is 18.4 Å². The van der Waals surface area contributed by atoms with Crippen LogP contribution in [0.1, 0.15) is 35.2 Å². The van der Waals surface area contributed by atoms with Crippen molar-refractivity contribution in [2.45, 2.75) is 25.4 Å². The van der Waals surface area contributed by atoms with Gasteiger partial charge in [-0.15, -0.1) is 0 Å². The summed E-state index contributed by atoms with van der Waals surface area (Å²) in [5.41, 5.74) is -1.39. The summed E-state index contributed by atoms with van der Waals surface area (Å²) in [4.78, 5) is 21.9. The second kappa shape index (κ2) is 5.66. The third-order valence-corrected chi connectivity index (χ3v) is 2.33. The fourth-order valence-corrected chi connectivity index (χ4v) is 1.51. The smallest absolute Gasteiger partial charge is 0.417 e. The summed E-state index contributed by atoms with van der Waals surface area (Å²) >= 11 is 0. The number of Topliss-reactive ketones (excluding diaryl/α,β-unsaturated/α-hetero) is 1. The standard InChI is InChI=1S/C12H11F3O3/c13-12(14,15)9-5-2-1-4-8(9)10(16)6-3-7-11(17)18/h1-2,4-5H,3,6-7H2,(H,17,18). The van der Waals surface area contributed by atoms with Crippen LogP contribution in [0.5, 0.6) is 0 Å². The molecule has 0 saturated heterocycles. The molecule has 0 aliphatic carbocycles. The van der Waals surface area contributed by atoms with E-state index < -0.39 is 29.1 Å². The summed E-state index contributed by atoms with van der Waals surface area (Å²) in [7, 11) is 0. The van der Waals surface area contributed by atoms with Gasteiger partial charge in [-0.1, -0.05) is 18.2 Å². The van der Waals surface area contributed by atoms with Crippen LogP contribution in [0.15, 0.2) is 24.3 Å². The van der Waals surface area contributed by atoms with Gasteiger partial charge in [0.1, 0.15) is 0 Å². The Hall–Kier alpha value is -1.85. The predicted molar refractivity (Wildman–Crippen MR) is 57.3 cm³/mol. The summed E-state index contributed by atoms with van der Waals surface area (Å²) in [6, 6.07) is 4.49. The van der Waals surface area contributed by atoms with Crippen molar-refractivity contribution in [1.82, 2.24) is 0 Å². The highest BCUT2D eigenvalue weighted by atomic mass is 19.4.